The van der Waals surface area contributed by atoms with Gasteiger partial charge >= 0.3 is 0 Å². The summed E-state index contributed by atoms with van der Waals surface area (Å²) in [6.45, 7) is 5.81. The summed E-state index contributed by atoms with van der Waals surface area (Å²) < 4.78 is 0. The summed E-state index contributed by atoms with van der Waals surface area (Å²) in [4.78, 5) is 11.2. The van der Waals surface area contributed by atoms with Crippen LogP contribution in [0.1, 0.15) is 11.3 Å². The van der Waals surface area contributed by atoms with E-state index in [2.05, 4.69) is 22.1 Å². The maximum Gasteiger partial charge on any atom is 0.243 e. The number of hydrogen-bond donors (Lipinski definition) is 2. The molecule has 0 atom stereocenters. The molecule has 0 fully saturated rings. The van der Waals surface area contributed by atoms with E-state index in [0.29, 0.717) is 6.54 Å². The molecule has 1 heterocycles. The van der Waals surface area contributed by atoms with Crippen molar-refractivity contribution in [2.75, 3.05) is 0 Å². The highest BCUT2D eigenvalue weighted by Crippen LogP contribution is 2.23. The standard InChI is InChI=1S/C14H15N3O/c1-3-13(18)15-9-12-10(2)16-17-14(12)11-7-5-4-6-8-11/h3-8H,1,9H2,2H3,(H,15,18)(H,16,17). The van der Waals surface area contributed by atoms with Gasteiger partial charge in [0.15, 0.2) is 0 Å². The normalized spacial score (nSPS) is 10.1. The topological polar surface area (TPSA) is 57.8 Å². The number of aromatic nitrogens is 2. The van der Waals surface area contributed by atoms with E-state index in [4.69, 9.17) is 0 Å². The number of nitrogens with one attached hydrogen (secondary N) is 2. The summed E-state index contributed by atoms with van der Waals surface area (Å²) in [5, 5.41) is 10.0. The van der Waals surface area contributed by atoms with E-state index < -0.39 is 0 Å². The van der Waals surface area contributed by atoms with Crippen LogP contribution in [0.5, 0.6) is 0 Å². The number of nitrogens with zero attached hydrogens (tertiary/aromatic N) is 1. The summed E-state index contributed by atoms with van der Waals surface area (Å²) in [5.41, 5.74) is 3.86. The molecule has 0 aliphatic heterocycles. The van der Waals surface area contributed by atoms with E-state index in [9.17, 15) is 4.79 Å². The van der Waals surface area contributed by atoms with E-state index in [-0.39, 0.29) is 5.91 Å². The van der Waals surface area contributed by atoms with Crippen LogP contribution in [0.15, 0.2) is 43.0 Å². The van der Waals surface area contributed by atoms with Crippen LogP contribution < -0.4 is 5.32 Å². The van der Waals surface area contributed by atoms with Gasteiger partial charge in [-0.25, -0.2) is 0 Å². The zero-order valence-electron chi connectivity index (χ0n) is 10.2. The van der Waals surface area contributed by atoms with Crippen molar-refractivity contribution in [3.05, 3.63) is 54.2 Å². The van der Waals surface area contributed by atoms with Gasteiger partial charge in [-0.2, -0.15) is 5.10 Å². The second-order valence-corrected chi connectivity index (χ2v) is 3.96. The van der Waals surface area contributed by atoms with Crippen LogP contribution in [-0.2, 0) is 11.3 Å². The summed E-state index contributed by atoms with van der Waals surface area (Å²) in [5.74, 6) is -0.186. The molecular weight excluding hydrogens is 226 g/mol. The molecule has 0 saturated heterocycles. The van der Waals surface area contributed by atoms with Crippen LogP contribution in [0, 0.1) is 6.92 Å². The van der Waals surface area contributed by atoms with Gasteiger partial charge in [-0.15, -0.1) is 0 Å². The predicted molar refractivity (Wildman–Crippen MR) is 70.8 cm³/mol. The van der Waals surface area contributed by atoms with Gasteiger partial charge in [-0.3, -0.25) is 9.89 Å². The second-order valence-electron chi connectivity index (χ2n) is 3.96. The molecule has 0 spiro atoms. The number of rotatable bonds is 4. The van der Waals surface area contributed by atoms with E-state index >= 15 is 0 Å². The lowest BCUT2D eigenvalue weighted by molar-refractivity contribution is -0.116. The van der Waals surface area contributed by atoms with Crippen LogP contribution in [-0.4, -0.2) is 16.1 Å². The van der Waals surface area contributed by atoms with Crippen LogP contribution in [0.4, 0.5) is 0 Å². The van der Waals surface area contributed by atoms with E-state index in [0.717, 1.165) is 22.5 Å². The Labute approximate surface area is 106 Å². The zero-order chi connectivity index (χ0) is 13.0. The Hall–Kier alpha value is -2.36. The molecule has 2 rings (SSSR count). The highest BCUT2D eigenvalue weighted by Gasteiger charge is 2.12. The molecule has 0 bridgehead atoms. The summed E-state index contributed by atoms with van der Waals surface area (Å²) in [6, 6.07) is 9.88. The molecule has 0 radical (unpaired) electrons. The Balaban J connectivity index is 2.27. The minimum atomic E-state index is -0.186. The molecule has 0 aliphatic carbocycles. The molecule has 0 aliphatic rings. The number of hydrogen-bond acceptors (Lipinski definition) is 2. The van der Waals surface area contributed by atoms with Gasteiger partial charge in [0.1, 0.15) is 0 Å². The minimum Gasteiger partial charge on any atom is -0.348 e. The van der Waals surface area contributed by atoms with Gasteiger partial charge in [-0.1, -0.05) is 36.9 Å². The highest BCUT2D eigenvalue weighted by molar-refractivity contribution is 5.86. The molecule has 0 unspecified atom stereocenters. The molecule has 1 aromatic heterocycles. The molecule has 2 N–H and O–H groups in total. The Morgan fingerprint density at radius 3 is 2.83 bits per heavy atom. The zero-order valence-corrected chi connectivity index (χ0v) is 10.2. The third-order valence-electron chi connectivity index (χ3n) is 2.75. The first kappa shape index (κ1) is 12.1. The van der Waals surface area contributed by atoms with E-state index in [1.54, 1.807) is 0 Å². The predicted octanol–water partition coefficient (Wildman–Crippen LogP) is 2.19. The molecule has 2 aromatic rings. The quantitative estimate of drug-likeness (QED) is 0.806. The fourth-order valence-electron chi connectivity index (χ4n) is 1.75. The summed E-state index contributed by atoms with van der Waals surface area (Å²) in [6.07, 6.45) is 1.26. The van der Waals surface area contributed by atoms with Gasteiger partial charge in [0, 0.05) is 23.4 Å². The lowest BCUT2D eigenvalue weighted by Crippen LogP contribution is -2.20. The first-order valence-corrected chi connectivity index (χ1v) is 5.72. The molecule has 4 heteroatoms. The molecule has 1 aromatic carbocycles. The average molecular weight is 241 g/mol. The first-order valence-electron chi connectivity index (χ1n) is 5.72. The Morgan fingerprint density at radius 2 is 2.17 bits per heavy atom. The number of amides is 1. The number of aromatic amines is 1. The minimum absolute atomic E-state index is 0.186. The van der Waals surface area contributed by atoms with Crippen LogP contribution in [0.3, 0.4) is 0 Å². The number of carbonyl (C=O) groups excluding carboxylic acids is 1. The van der Waals surface area contributed by atoms with Crippen molar-refractivity contribution in [1.82, 2.24) is 15.5 Å². The van der Waals surface area contributed by atoms with Crippen molar-refractivity contribution >= 4 is 5.91 Å². The Bertz CT molecular complexity index is 558. The van der Waals surface area contributed by atoms with Crippen LogP contribution >= 0.6 is 0 Å². The molecular formula is C14H15N3O. The second kappa shape index (κ2) is 5.31. The maximum atomic E-state index is 11.2. The van der Waals surface area contributed by atoms with Gasteiger partial charge in [-0.05, 0) is 13.0 Å². The van der Waals surface area contributed by atoms with Crippen molar-refractivity contribution in [3.63, 3.8) is 0 Å². The maximum absolute atomic E-state index is 11.2. The fraction of sp³-hybridized carbons (Fsp3) is 0.143. The van der Waals surface area contributed by atoms with Crippen molar-refractivity contribution in [2.24, 2.45) is 0 Å². The van der Waals surface area contributed by atoms with Gasteiger partial charge in [0.25, 0.3) is 0 Å². The van der Waals surface area contributed by atoms with Crippen molar-refractivity contribution in [2.45, 2.75) is 13.5 Å². The monoisotopic (exact) mass is 241 g/mol. The SMILES string of the molecule is C=CC(=O)NCc1c(-c2ccccc2)n[nH]c1C. The smallest absolute Gasteiger partial charge is 0.243 e. The highest BCUT2D eigenvalue weighted by atomic mass is 16.1. The van der Waals surface area contributed by atoms with Gasteiger partial charge in [0.2, 0.25) is 5.91 Å². The summed E-state index contributed by atoms with van der Waals surface area (Å²) in [7, 11) is 0. The largest absolute Gasteiger partial charge is 0.348 e. The van der Waals surface area contributed by atoms with Crippen molar-refractivity contribution in [3.8, 4) is 11.3 Å². The van der Waals surface area contributed by atoms with Crippen molar-refractivity contribution in [1.29, 1.82) is 0 Å². The van der Waals surface area contributed by atoms with Gasteiger partial charge in [0.05, 0.1) is 5.69 Å². The lowest BCUT2D eigenvalue weighted by Gasteiger charge is -2.05. The molecule has 92 valence electrons. The molecule has 0 saturated carbocycles. The number of benzene rings is 1. The third-order valence-corrected chi connectivity index (χ3v) is 2.75. The number of H-pyrrole nitrogens is 1. The molecule has 1 amide bonds. The van der Waals surface area contributed by atoms with Crippen LogP contribution in [0.2, 0.25) is 0 Å². The lowest BCUT2D eigenvalue weighted by atomic mass is 10.1. The summed E-state index contributed by atoms with van der Waals surface area (Å²) >= 11 is 0. The molecule has 4 nitrogen and oxygen atoms in total. The number of carbonyl (C=O) groups is 1. The number of aryl methyl sites for hydroxylation is 1. The Morgan fingerprint density at radius 1 is 1.44 bits per heavy atom. The van der Waals surface area contributed by atoms with Gasteiger partial charge < -0.3 is 5.32 Å². The first-order chi connectivity index (χ1) is 8.72. The molecule has 18 heavy (non-hydrogen) atoms. The average Bonchev–Trinajstić information content (AvgIpc) is 2.78. The van der Waals surface area contributed by atoms with E-state index in [1.807, 2.05) is 37.3 Å². The van der Waals surface area contributed by atoms with Crippen molar-refractivity contribution < 1.29 is 4.79 Å². The van der Waals surface area contributed by atoms with Crippen LogP contribution in [0.25, 0.3) is 11.3 Å². The third kappa shape index (κ3) is 2.48. The fourth-order valence-corrected chi connectivity index (χ4v) is 1.75. The van der Waals surface area contributed by atoms with E-state index in [1.165, 1.54) is 6.08 Å². The Kier molecular flexibility index (Phi) is 3.57.